The molecule has 1 aromatic rings. The molecular formula is C20H32N4O3. The van der Waals surface area contributed by atoms with Crippen LogP contribution < -0.4 is 10.2 Å². The minimum absolute atomic E-state index is 0.0226. The summed E-state index contributed by atoms with van der Waals surface area (Å²) in [7, 11) is 1.48. The van der Waals surface area contributed by atoms with Gasteiger partial charge < -0.3 is 19.9 Å². The van der Waals surface area contributed by atoms with E-state index in [0.717, 1.165) is 57.7 Å². The fourth-order valence-corrected chi connectivity index (χ4v) is 3.48. The number of methoxy groups -OCH3 is 1. The zero-order valence-corrected chi connectivity index (χ0v) is 16.7. The fraction of sp³-hybridized carbons (Fsp3) is 0.650. The maximum atomic E-state index is 12.8. The van der Waals surface area contributed by atoms with Crippen molar-refractivity contribution in [2.75, 3.05) is 50.1 Å². The highest BCUT2D eigenvalue weighted by Gasteiger charge is 2.26. The smallest absolute Gasteiger partial charge is 0.250 e. The SMILES string of the molecule is CCCC(CCC)C(=O)N1CCN(c2ccc(NC(=O)COC)cn2)CC1. The Morgan fingerprint density at radius 2 is 1.81 bits per heavy atom. The molecule has 0 unspecified atom stereocenters. The van der Waals surface area contributed by atoms with Crippen LogP contribution in [0.15, 0.2) is 18.3 Å². The molecule has 1 N–H and O–H groups in total. The fourth-order valence-electron chi connectivity index (χ4n) is 3.48. The molecule has 2 heterocycles. The van der Waals surface area contributed by atoms with Gasteiger partial charge in [-0.2, -0.15) is 0 Å². The van der Waals surface area contributed by atoms with Crippen LogP contribution in [0.4, 0.5) is 11.5 Å². The van der Waals surface area contributed by atoms with Gasteiger partial charge in [0, 0.05) is 39.2 Å². The molecule has 7 heteroatoms. The summed E-state index contributed by atoms with van der Waals surface area (Å²) in [5, 5.41) is 2.73. The first-order chi connectivity index (χ1) is 13.1. The van der Waals surface area contributed by atoms with Crippen molar-refractivity contribution in [3.05, 3.63) is 18.3 Å². The zero-order valence-electron chi connectivity index (χ0n) is 16.7. The van der Waals surface area contributed by atoms with Crippen LogP contribution in [0.3, 0.4) is 0 Å². The molecule has 0 aromatic carbocycles. The third-order valence-electron chi connectivity index (χ3n) is 4.85. The summed E-state index contributed by atoms with van der Waals surface area (Å²) in [5.41, 5.74) is 0.650. The van der Waals surface area contributed by atoms with Crippen molar-refractivity contribution in [3.8, 4) is 0 Å². The molecule has 1 aromatic heterocycles. The number of hydrogen-bond donors (Lipinski definition) is 1. The van der Waals surface area contributed by atoms with Gasteiger partial charge in [0.25, 0.3) is 0 Å². The molecule has 0 spiro atoms. The Balaban J connectivity index is 1.87. The Hall–Kier alpha value is -2.15. The largest absolute Gasteiger partial charge is 0.375 e. The van der Waals surface area contributed by atoms with E-state index in [0.29, 0.717) is 11.6 Å². The first kappa shape index (κ1) is 21.2. The molecule has 7 nitrogen and oxygen atoms in total. The maximum Gasteiger partial charge on any atom is 0.250 e. The zero-order chi connectivity index (χ0) is 19.6. The van der Waals surface area contributed by atoms with Gasteiger partial charge in [-0.05, 0) is 25.0 Å². The molecule has 150 valence electrons. The quantitative estimate of drug-likeness (QED) is 0.717. The predicted molar refractivity (Wildman–Crippen MR) is 107 cm³/mol. The van der Waals surface area contributed by atoms with Gasteiger partial charge >= 0.3 is 0 Å². The molecule has 0 bridgehead atoms. The highest BCUT2D eigenvalue weighted by atomic mass is 16.5. The van der Waals surface area contributed by atoms with Crippen molar-refractivity contribution >= 4 is 23.3 Å². The second-order valence-corrected chi connectivity index (χ2v) is 6.97. The van der Waals surface area contributed by atoms with Crippen LogP contribution in [0.1, 0.15) is 39.5 Å². The molecule has 0 aliphatic carbocycles. The molecule has 2 amide bonds. The number of anilines is 2. The van der Waals surface area contributed by atoms with Gasteiger partial charge in [-0.15, -0.1) is 0 Å². The predicted octanol–water partition coefficient (Wildman–Crippen LogP) is 2.53. The summed E-state index contributed by atoms with van der Waals surface area (Å²) >= 11 is 0. The highest BCUT2D eigenvalue weighted by molar-refractivity contribution is 5.91. The molecule has 1 aliphatic heterocycles. The molecule has 0 saturated carbocycles. The molecule has 0 atom stereocenters. The number of carbonyl (C=O) groups is 2. The number of piperazine rings is 1. The molecule has 27 heavy (non-hydrogen) atoms. The molecule has 1 aliphatic rings. The first-order valence-electron chi connectivity index (χ1n) is 9.87. The summed E-state index contributed by atoms with van der Waals surface area (Å²) in [6, 6.07) is 3.74. The van der Waals surface area contributed by atoms with Gasteiger partial charge in [-0.3, -0.25) is 9.59 Å². The molecule has 1 fully saturated rings. The Kier molecular flexibility index (Phi) is 8.51. The van der Waals surface area contributed by atoms with E-state index in [-0.39, 0.29) is 18.4 Å². The molecular weight excluding hydrogens is 344 g/mol. The summed E-state index contributed by atoms with van der Waals surface area (Å²) in [6.07, 6.45) is 5.70. The van der Waals surface area contributed by atoms with E-state index < -0.39 is 0 Å². The van der Waals surface area contributed by atoms with Gasteiger partial charge in [0.1, 0.15) is 12.4 Å². The van der Waals surface area contributed by atoms with Crippen LogP contribution in [0.5, 0.6) is 0 Å². The number of pyridine rings is 1. The second-order valence-electron chi connectivity index (χ2n) is 6.97. The monoisotopic (exact) mass is 376 g/mol. The summed E-state index contributed by atoms with van der Waals surface area (Å²) < 4.78 is 4.80. The van der Waals surface area contributed by atoms with Gasteiger partial charge in [0.15, 0.2) is 0 Å². The number of carbonyl (C=O) groups excluding carboxylic acids is 2. The van der Waals surface area contributed by atoms with Crippen LogP contribution in [-0.4, -0.2) is 61.6 Å². The number of nitrogens with zero attached hydrogens (tertiary/aromatic N) is 3. The van der Waals surface area contributed by atoms with E-state index >= 15 is 0 Å². The van der Waals surface area contributed by atoms with Crippen molar-refractivity contribution in [2.45, 2.75) is 39.5 Å². The lowest BCUT2D eigenvalue weighted by Crippen LogP contribution is -2.50. The molecule has 0 radical (unpaired) electrons. The van der Waals surface area contributed by atoms with E-state index in [1.807, 2.05) is 17.0 Å². The van der Waals surface area contributed by atoms with E-state index in [2.05, 4.69) is 29.0 Å². The van der Waals surface area contributed by atoms with Gasteiger partial charge in [-0.1, -0.05) is 26.7 Å². The van der Waals surface area contributed by atoms with Crippen LogP contribution in [0.25, 0.3) is 0 Å². The van der Waals surface area contributed by atoms with E-state index in [9.17, 15) is 9.59 Å². The van der Waals surface area contributed by atoms with E-state index in [1.165, 1.54) is 7.11 Å². The van der Waals surface area contributed by atoms with Gasteiger partial charge in [0.05, 0.1) is 11.9 Å². The molecule has 1 saturated heterocycles. The Bertz CT molecular complexity index is 592. The Morgan fingerprint density at radius 1 is 1.15 bits per heavy atom. The first-order valence-corrected chi connectivity index (χ1v) is 9.87. The topological polar surface area (TPSA) is 74.8 Å². The summed E-state index contributed by atoms with van der Waals surface area (Å²) in [5.74, 6) is 1.14. The Morgan fingerprint density at radius 3 is 2.33 bits per heavy atom. The minimum Gasteiger partial charge on any atom is -0.375 e. The lowest BCUT2D eigenvalue weighted by molar-refractivity contribution is -0.136. The average molecular weight is 377 g/mol. The normalized spacial score (nSPS) is 14.5. The van der Waals surface area contributed by atoms with Gasteiger partial charge in [-0.25, -0.2) is 4.98 Å². The highest BCUT2D eigenvalue weighted by Crippen LogP contribution is 2.20. The number of aromatic nitrogens is 1. The van der Waals surface area contributed by atoms with E-state index in [1.54, 1.807) is 6.20 Å². The third kappa shape index (κ3) is 6.20. The van der Waals surface area contributed by atoms with Crippen molar-refractivity contribution in [3.63, 3.8) is 0 Å². The van der Waals surface area contributed by atoms with Gasteiger partial charge in [0.2, 0.25) is 11.8 Å². The van der Waals surface area contributed by atoms with Crippen LogP contribution in [0, 0.1) is 5.92 Å². The lowest BCUT2D eigenvalue weighted by atomic mass is 9.96. The number of ether oxygens (including phenoxy) is 1. The average Bonchev–Trinajstić information content (AvgIpc) is 2.68. The molecule has 2 rings (SSSR count). The van der Waals surface area contributed by atoms with Crippen molar-refractivity contribution < 1.29 is 14.3 Å². The minimum atomic E-state index is -0.201. The van der Waals surface area contributed by atoms with Crippen LogP contribution in [0.2, 0.25) is 0 Å². The van der Waals surface area contributed by atoms with E-state index in [4.69, 9.17) is 4.74 Å². The maximum absolute atomic E-state index is 12.8. The Labute approximate surface area is 162 Å². The van der Waals surface area contributed by atoms with Crippen LogP contribution in [-0.2, 0) is 14.3 Å². The number of rotatable bonds is 9. The lowest BCUT2D eigenvalue weighted by Gasteiger charge is -2.37. The standard InChI is InChI=1S/C20H32N4O3/c1-4-6-16(7-5-2)20(26)24-12-10-23(11-13-24)18-9-8-17(14-21-18)22-19(25)15-27-3/h8-9,14,16H,4-7,10-13,15H2,1-3H3,(H,22,25). The van der Waals surface area contributed by atoms with Crippen molar-refractivity contribution in [1.82, 2.24) is 9.88 Å². The second kappa shape index (κ2) is 10.9. The summed E-state index contributed by atoms with van der Waals surface area (Å²) in [6.45, 7) is 7.32. The number of hydrogen-bond acceptors (Lipinski definition) is 5. The van der Waals surface area contributed by atoms with Crippen molar-refractivity contribution in [1.29, 1.82) is 0 Å². The van der Waals surface area contributed by atoms with Crippen LogP contribution >= 0.6 is 0 Å². The van der Waals surface area contributed by atoms with Crippen molar-refractivity contribution in [2.24, 2.45) is 5.92 Å². The summed E-state index contributed by atoms with van der Waals surface area (Å²) in [4.78, 5) is 32.9. The third-order valence-corrected chi connectivity index (χ3v) is 4.85. The number of amides is 2. The number of nitrogens with one attached hydrogen (secondary N) is 1.